The fraction of sp³-hybridized carbons (Fsp3) is 0.136. The van der Waals surface area contributed by atoms with Crippen LogP contribution in [0.3, 0.4) is 0 Å². The molecule has 2 aromatic carbocycles. The van der Waals surface area contributed by atoms with E-state index in [1.54, 1.807) is 10.7 Å². The van der Waals surface area contributed by atoms with Gasteiger partial charge in [0.1, 0.15) is 0 Å². The molecule has 0 aliphatic carbocycles. The van der Waals surface area contributed by atoms with Crippen molar-refractivity contribution in [3.8, 4) is 11.3 Å². The number of aromatic nitrogens is 3. The van der Waals surface area contributed by atoms with Crippen molar-refractivity contribution in [3.05, 3.63) is 83.0 Å². The summed E-state index contributed by atoms with van der Waals surface area (Å²) >= 11 is 0. The van der Waals surface area contributed by atoms with Gasteiger partial charge in [0.2, 0.25) is 0 Å². The molecule has 0 radical (unpaired) electrons. The number of carbonyl (C=O) groups is 1. The van der Waals surface area contributed by atoms with E-state index in [9.17, 15) is 9.90 Å². The van der Waals surface area contributed by atoms with Crippen LogP contribution in [0.4, 0.5) is 0 Å². The highest BCUT2D eigenvalue weighted by molar-refractivity contribution is 6.04. The van der Waals surface area contributed by atoms with Crippen LogP contribution in [0.25, 0.3) is 22.3 Å². The van der Waals surface area contributed by atoms with Crippen molar-refractivity contribution >= 4 is 17.0 Å². The lowest BCUT2D eigenvalue weighted by Gasteiger charge is -2.07. The molecule has 0 saturated heterocycles. The zero-order chi connectivity index (χ0) is 19.0. The summed E-state index contributed by atoms with van der Waals surface area (Å²) in [4.78, 5) is 16.7. The largest absolute Gasteiger partial charge is 0.478 e. The molecule has 2 aromatic heterocycles. The number of aryl methyl sites for hydroxylation is 2. The quantitative estimate of drug-likeness (QED) is 0.585. The number of hydrogen-bond acceptors (Lipinski definition) is 3. The lowest BCUT2D eigenvalue weighted by molar-refractivity contribution is 0.0699. The van der Waals surface area contributed by atoms with Crippen LogP contribution in [0.15, 0.2) is 60.7 Å². The summed E-state index contributed by atoms with van der Waals surface area (Å²) in [7, 11) is 0. The fourth-order valence-electron chi connectivity index (χ4n) is 3.26. The molecule has 134 valence electrons. The van der Waals surface area contributed by atoms with Gasteiger partial charge < -0.3 is 5.11 Å². The third-order valence-electron chi connectivity index (χ3n) is 4.63. The summed E-state index contributed by atoms with van der Waals surface area (Å²) < 4.78 is 1.79. The van der Waals surface area contributed by atoms with Crippen LogP contribution in [0, 0.1) is 13.8 Å². The van der Waals surface area contributed by atoms with Crippen LogP contribution < -0.4 is 0 Å². The van der Waals surface area contributed by atoms with Gasteiger partial charge in [-0.1, -0.05) is 60.2 Å². The zero-order valence-corrected chi connectivity index (χ0v) is 15.2. The molecular weight excluding hydrogens is 338 g/mol. The van der Waals surface area contributed by atoms with Gasteiger partial charge in [0.25, 0.3) is 0 Å². The molecule has 2 heterocycles. The van der Waals surface area contributed by atoms with Gasteiger partial charge in [-0.05, 0) is 25.5 Å². The number of hydrogen-bond donors (Lipinski definition) is 1. The van der Waals surface area contributed by atoms with E-state index in [1.165, 1.54) is 5.56 Å². The SMILES string of the molecule is Cc1ccc(Cn2nc(C)c3c(C(=O)O)cc(-c4ccccc4)nc32)cc1. The van der Waals surface area contributed by atoms with Gasteiger partial charge in [-0.25, -0.2) is 14.5 Å². The van der Waals surface area contributed by atoms with Crippen LogP contribution >= 0.6 is 0 Å². The second-order valence-corrected chi connectivity index (χ2v) is 6.65. The van der Waals surface area contributed by atoms with E-state index in [1.807, 2.05) is 44.2 Å². The second kappa shape index (κ2) is 6.68. The summed E-state index contributed by atoms with van der Waals surface area (Å²) in [5.74, 6) is -0.974. The highest BCUT2D eigenvalue weighted by atomic mass is 16.4. The molecule has 0 saturated carbocycles. The Kier molecular flexibility index (Phi) is 4.20. The molecule has 1 N–H and O–H groups in total. The summed E-state index contributed by atoms with van der Waals surface area (Å²) in [5.41, 5.74) is 5.28. The van der Waals surface area contributed by atoms with Crippen LogP contribution in [-0.4, -0.2) is 25.8 Å². The molecule has 0 aliphatic heterocycles. The third-order valence-corrected chi connectivity index (χ3v) is 4.63. The van der Waals surface area contributed by atoms with E-state index in [0.29, 0.717) is 29.0 Å². The van der Waals surface area contributed by atoms with Crippen LogP contribution in [0.1, 0.15) is 27.2 Å². The van der Waals surface area contributed by atoms with Crippen molar-refractivity contribution in [1.29, 1.82) is 0 Å². The van der Waals surface area contributed by atoms with Crippen molar-refractivity contribution in [2.24, 2.45) is 0 Å². The normalized spacial score (nSPS) is 11.0. The van der Waals surface area contributed by atoms with E-state index in [0.717, 1.165) is 11.1 Å². The Morgan fingerprint density at radius 3 is 2.41 bits per heavy atom. The smallest absolute Gasteiger partial charge is 0.336 e. The number of fused-ring (bicyclic) bond motifs is 1. The molecule has 5 nitrogen and oxygen atoms in total. The Balaban J connectivity index is 1.91. The fourth-order valence-corrected chi connectivity index (χ4v) is 3.26. The van der Waals surface area contributed by atoms with Gasteiger partial charge in [0.05, 0.1) is 28.9 Å². The molecule has 0 bridgehead atoms. The van der Waals surface area contributed by atoms with Crippen molar-refractivity contribution < 1.29 is 9.90 Å². The monoisotopic (exact) mass is 357 g/mol. The molecule has 0 fully saturated rings. The van der Waals surface area contributed by atoms with E-state index >= 15 is 0 Å². The molecule has 5 heteroatoms. The predicted molar refractivity (Wildman–Crippen MR) is 105 cm³/mol. The molecule has 0 unspecified atom stereocenters. The van der Waals surface area contributed by atoms with Crippen molar-refractivity contribution in [3.63, 3.8) is 0 Å². The Morgan fingerprint density at radius 2 is 1.74 bits per heavy atom. The van der Waals surface area contributed by atoms with Gasteiger partial charge >= 0.3 is 5.97 Å². The Morgan fingerprint density at radius 1 is 1.04 bits per heavy atom. The lowest BCUT2D eigenvalue weighted by atomic mass is 10.1. The number of rotatable bonds is 4. The summed E-state index contributed by atoms with van der Waals surface area (Å²) in [6, 6.07) is 19.4. The lowest BCUT2D eigenvalue weighted by Crippen LogP contribution is -2.05. The number of carboxylic acids is 1. The Bertz CT molecular complexity index is 1130. The first-order valence-electron chi connectivity index (χ1n) is 8.75. The minimum absolute atomic E-state index is 0.228. The number of pyridine rings is 1. The highest BCUT2D eigenvalue weighted by Gasteiger charge is 2.19. The molecule has 27 heavy (non-hydrogen) atoms. The molecule has 0 aliphatic rings. The van der Waals surface area contributed by atoms with Crippen molar-refractivity contribution in [1.82, 2.24) is 14.8 Å². The van der Waals surface area contributed by atoms with Crippen molar-refractivity contribution in [2.45, 2.75) is 20.4 Å². The molecule has 0 amide bonds. The third kappa shape index (κ3) is 3.19. The zero-order valence-electron chi connectivity index (χ0n) is 15.2. The van der Waals surface area contributed by atoms with Gasteiger partial charge in [-0.3, -0.25) is 0 Å². The van der Waals surface area contributed by atoms with Crippen LogP contribution in [0.5, 0.6) is 0 Å². The second-order valence-electron chi connectivity index (χ2n) is 6.65. The summed E-state index contributed by atoms with van der Waals surface area (Å²) in [5, 5.41) is 14.9. The maximum absolute atomic E-state index is 11.9. The number of carboxylic acid groups (broad SMARTS) is 1. The first kappa shape index (κ1) is 17.0. The van der Waals surface area contributed by atoms with Crippen molar-refractivity contribution in [2.75, 3.05) is 0 Å². The average molecular weight is 357 g/mol. The van der Waals surface area contributed by atoms with Gasteiger partial charge in [0, 0.05) is 5.56 Å². The van der Waals surface area contributed by atoms with E-state index in [2.05, 4.69) is 29.4 Å². The summed E-state index contributed by atoms with van der Waals surface area (Å²) in [6.45, 7) is 4.41. The van der Waals surface area contributed by atoms with E-state index in [-0.39, 0.29) is 5.56 Å². The molecule has 0 atom stereocenters. The number of nitrogens with zero attached hydrogens (tertiary/aromatic N) is 3. The maximum Gasteiger partial charge on any atom is 0.336 e. The molecule has 4 aromatic rings. The predicted octanol–water partition coefficient (Wildman–Crippen LogP) is 4.46. The standard InChI is InChI=1S/C22H19N3O2/c1-14-8-10-16(11-9-14)13-25-21-20(15(2)24-25)18(22(26)27)12-19(23-21)17-6-4-3-5-7-17/h3-12H,13H2,1-2H3,(H,26,27). The van der Waals surface area contributed by atoms with Crippen LogP contribution in [-0.2, 0) is 6.54 Å². The molecule has 4 rings (SSSR count). The maximum atomic E-state index is 11.9. The number of aromatic carboxylic acids is 1. The van der Waals surface area contributed by atoms with Gasteiger partial charge in [-0.2, -0.15) is 5.10 Å². The number of benzene rings is 2. The minimum Gasteiger partial charge on any atom is -0.478 e. The van der Waals surface area contributed by atoms with Crippen LogP contribution in [0.2, 0.25) is 0 Å². The Labute approximate surface area is 156 Å². The summed E-state index contributed by atoms with van der Waals surface area (Å²) in [6.07, 6.45) is 0. The Hall–Kier alpha value is -3.47. The van der Waals surface area contributed by atoms with E-state index in [4.69, 9.17) is 4.98 Å². The van der Waals surface area contributed by atoms with Gasteiger partial charge in [0.15, 0.2) is 5.65 Å². The molecular formula is C22H19N3O2. The first-order chi connectivity index (χ1) is 13.0. The first-order valence-corrected chi connectivity index (χ1v) is 8.75. The highest BCUT2D eigenvalue weighted by Crippen LogP contribution is 2.27. The van der Waals surface area contributed by atoms with E-state index < -0.39 is 5.97 Å². The average Bonchev–Trinajstić information content (AvgIpc) is 2.99. The molecule has 0 spiro atoms. The topological polar surface area (TPSA) is 68.0 Å². The van der Waals surface area contributed by atoms with Gasteiger partial charge in [-0.15, -0.1) is 0 Å². The minimum atomic E-state index is -0.974.